The summed E-state index contributed by atoms with van der Waals surface area (Å²) in [4.78, 5) is 0.500. The zero-order valence-electron chi connectivity index (χ0n) is 6.24. The Morgan fingerprint density at radius 1 is 1.40 bits per heavy atom. The van der Waals surface area contributed by atoms with Gasteiger partial charge in [-0.05, 0) is 19.1 Å². The smallest absolute Gasteiger partial charge is 0.0695 e. The van der Waals surface area contributed by atoms with E-state index in [1.54, 1.807) is 6.92 Å². The van der Waals surface area contributed by atoms with Crippen LogP contribution in [0.2, 0.25) is 0 Å². The average molecular weight is 156 g/mol. The minimum Gasteiger partial charge on any atom is -0.394 e. The molecule has 1 heterocycles. The quantitative estimate of drug-likeness (QED) is 0.574. The number of nitrogens with zero attached hydrogens (tertiary/aromatic N) is 1. The molecule has 1 rings (SSSR count). The molecule has 1 aromatic heterocycles. The number of aromatic nitrogens is 1. The van der Waals surface area contributed by atoms with Crippen molar-refractivity contribution in [1.82, 2.24) is 4.57 Å². The number of nitrogens with two attached hydrogens (primary N) is 1. The molecule has 1 aromatic rings. The van der Waals surface area contributed by atoms with E-state index in [9.17, 15) is 0 Å². The predicted octanol–water partition coefficient (Wildman–Crippen LogP) is 1.32. The molecule has 0 amide bonds. The minimum atomic E-state index is 0.500. The molecule has 0 aliphatic carbocycles. The number of aryl methyl sites for hydroxylation is 1. The summed E-state index contributed by atoms with van der Waals surface area (Å²) in [5.41, 5.74) is 4.84. The highest BCUT2D eigenvalue weighted by Crippen LogP contribution is 1.80. The van der Waals surface area contributed by atoms with Crippen molar-refractivity contribution in [1.29, 1.82) is 0 Å². The van der Waals surface area contributed by atoms with Crippen molar-refractivity contribution in [2.24, 2.45) is 12.8 Å². The van der Waals surface area contributed by atoms with Crippen LogP contribution in [-0.2, 0) is 7.05 Å². The van der Waals surface area contributed by atoms with Crippen molar-refractivity contribution >= 4 is 17.2 Å². The van der Waals surface area contributed by atoms with E-state index in [2.05, 4.69) is 12.2 Å². The summed E-state index contributed by atoms with van der Waals surface area (Å²) >= 11 is 4.31. The molecule has 10 heavy (non-hydrogen) atoms. The van der Waals surface area contributed by atoms with Crippen molar-refractivity contribution < 1.29 is 0 Å². The second kappa shape index (κ2) is 4.99. The van der Waals surface area contributed by atoms with Gasteiger partial charge in [0, 0.05) is 19.4 Å². The monoisotopic (exact) mass is 156 g/mol. The van der Waals surface area contributed by atoms with Crippen molar-refractivity contribution in [3.05, 3.63) is 24.5 Å². The van der Waals surface area contributed by atoms with E-state index < -0.39 is 0 Å². The van der Waals surface area contributed by atoms with Gasteiger partial charge in [0.2, 0.25) is 0 Å². The number of hydrogen-bond acceptors (Lipinski definition) is 1. The third-order valence-corrected chi connectivity index (χ3v) is 0.754. The standard InChI is InChI=1S/C5H7N.C2H5NS/c1-6-4-2-3-5-6;1-2(3)4/h2-5H,1H3;1H3,(H2,3,4). The summed E-state index contributed by atoms with van der Waals surface area (Å²) in [5, 5.41) is 0. The Morgan fingerprint density at radius 3 is 1.80 bits per heavy atom. The van der Waals surface area contributed by atoms with Crippen molar-refractivity contribution in [3.63, 3.8) is 0 Å². The molecule has 0 fully saturated rings. The van der Waals surface area contributed by atoms with Gasteiger partial charge in [-0.15, -0.1) is 0 Å². The first-order valence-corrected chi connectivity index (χ1v) is 3.36. The largest absolute Gasteiger partial charge is 0.394 e. The van der Waals surface area contributed by atoms with Gasteiger partial charge in [-0.3, -0.25) is 0 Å². The maximum absolute atomic E-state index is 4.84. The first-order chi connectivity index (χ1) is 4.63. The molecular formula is C7H12N2S. The molecule has 2 nitrogen and oxygen atoms in total. The fourth-order valence-corrected chi connectivity index (χ4v) is 0.421. The fraction of sp³-hybridized carbons (Fsp3) is 0.286. The maximum Gasteiger partial charge on any atom is 0.0695 e. The van der Waals surface area contributed by atoms with Gasteiger partial charge in [-0.2, -0.15) is 0 Å². The molecule has 3 heteroatoms. The van der Waals surface area contributed by atoms with E-state index in [0.717, 1.165) is 0 Å². The van der Waals surface area contributed by atoms with E-state index >= 15 is 0 Å². The summed E-state index contributed by atoms with van der Waals surface area (Å²) in [7, 11) is 2.00. The maximum atomic E-state index is 4.84. The van der Waals surface area contributed by atoms with Gasteiger partial charge in [0.25, 0.3) is 0 Å². The Morgan fingerprint density at radius 2 is 1.70 bits per heavy atom. The van der Waals surface area contributed by atoms with Crippen molar-refractivity contribution in [2.45, 2.75) is 6.92 Å². The third-order valence-electron chi connectivity index (χ3n) is 0.754. The van der Waals surface area contributed by atoms with E-state index in [4.69, 9.17) is 5.73 Å². The van der Waals surface area contributed by atoms with E-state index in [0.29, 0.717) is 4.99 Å². The van der Waals surface area contributed by atoms with Crippen LogP contribution in [0.4, 0.5) is 0 Å². The first-order valence-electron chi connectivity index (χ1n) is 2.96. The average Bonchev–Trinajstić information content (AvgIpc) is 2.15. The Balaban J connectivity index is 0.000000180. The molecular weight excluding hydrogens is 144 g/mol. The van der Waals surface area contributed by atoms with Crippen LogP contribution in [0.25, 0.3) is 0 Å². The van der Waals surface area contributed by atoms with Crippen LogP contribution in [0, 0.1) is 0 Å². The topological polar surface area (TPSA) is 30.9 Å². The highest BCUT2D eigenvalue weighted by Gasteiger charge is 1.68. The molecule has 0 saturated heterocycles. The van der Waals surface area contributed by atoms with Crippen molar-refractivity contribution in [3.8, 4) is 0 Å². The second-order valence-electron chi connectivity index (χ2n) is 1.96. The molecule has 0 saturated carbocycles. The SMILES string of the molecule is CC(N)=S.Cn1cccc1. The molecule has 0 aliphatic rings. The highest BCUT2D eigenvalue weighted by molar-refractivity contribution is 7.80. The Labute approximate surface area is 66.6 Å². The van der Waals surface area contributed by atoms with Gasteiger partial charge < -0.3 is 10.3 Å². The molecule has 56 valence electrons. The van der Waals surface area contributed by atoms with Crippen LogP contribution in [0.3, 0.4) is 0 Å². The molecule has 0 atom stereocenters. The lowest BCUT2D eigenvalue weighted by Crippen LogP contribution is -1.98. The van der Waals surface area contributed by atoms with E-state index in [1.807, 2.05) is 36.1 Å². The van der Waals surface area contributed by atoms with Crippen molar-refractivity contribution in [2.75, 3.05) is 0 Å². The lowest BCUT2D eigenvalue weighted by molar-refractivity contribution is 0.928. The molecule has 0 aliphatic heterocycles. The number of hydrogen-bond donors (Lipinski definition) is 1. The summed E-state index contributed by atoms with van der Waals surface area (Å²) in [6, 6.07) is 4.00. The van der Waals surface area contributed by atoms with Crippen LogP contribution in [-0.4, -0.2) is 9.56 Å². The lowest BCUT2D eigenvalue weighted by atomic mass is 10.7. The molecule has 0 spiro atoms. The van der Waals surface area contributed by atoms with Crippen LogP contribution < -0.4 is 5.73 Å². The molecule has 0 radical (unpaired) electrons. The first kappa shape index (κ1) is 9.17. The van der Waals surface area contributed by atoms with E-state index in [-0.39, 0.29) is 0 Å². The summed E-state index contributed by atoms with van der Waals surface area (Å²) in [5.74, 6) is 0. The predicted molar refractivity (Wildman–Crippen MR) is 47.9 cm³/mol. The second-order valence-corrected chi connectivity index (χ2v) is 2.60. The number of thiocarbonyl (C=S) groups is 1. The molecule has 2 N–H and O–H groups in total. The Hall–Kier alpha value is -0.830. The van der Waals surface area contributed by atoms with Gasteiger partial charge in [0.1, 0.15) is 0 Å². The zero-order valence-corrected chi connectivity index (χ0v) is 7.06. The molecule has 0 bridgehead atoms. The van der Waals surface area contributed by atoms with Gasteiger partial charge in [0.15, 0.2) is 0 Å². The highest BCUT2D eigenvalue weighted by atomic mass is 32.1. The third kappa shape index (κ3) is 7.17. The van der Waals surface area contributed by atoms with E-state index in [1.165, 1.54) is 0 Å². The van der Waals surface area contributed by atoms with Gasteiger partial charge in [-0.25, -0.2) is 0 Å². The van der Waals surface area contributed by atoms with Gasteiger partial charge in [0.05, 0.1) is 4.99 Å². The summed E-state index contributed by atoms with van der Waals surface area (Å²) in [6.45, 7) is 1.68. The van der Waals surface area contributed by atoms with Crippen LogP contribution in [0.15, 0.2) is 24.5 Å². The lowest BCUT2D eigenvalue weighted by Gasteiger charge is -1.79. The van der Waals surface area contributed by atoms with Crippen LogP contribution in [0.5, 0.6) is 0 Å². The zero-order chi connectivity index (χ0) is 7.98. The number of rotatable bonds is 0. The summed E-state index contributed by atoms with van der Waals surface area (Å²) < 4.78 is 2.00. The normalized spacial score (nSPS) is 7.80. The molecule has 0 unspecified atom stereocenters. The van der Waals surface area contributed by atoms with Crippen LogP contribution in [0.1, 0.15) is 6.92 Å². The Bertz CT molecular complexity index is 175. The molecule has 0 aromatic carbocycles. The van der Waals surface area contributed by atoms with Crippen LogP contribution >= 0.6 is 12.2 Å². The minimum absolute atomic E-state index is 0.500. The fourth-order valence-electron chi connectivity index (χ4n) is 0.421. The van der Waals surface area contributed by atoms with Gasteiger partial charge >= 0.3 is 0 Å². The van der Waals surface area contributed by atoms with Gasteiger partial charge in [-0.1, -0.05) is 12.2 Å². The Kier molecular flexibility index (Phi) is 4.58. The summed E-state index contributed by atoms with van der Waals surface area (Å²) in [6.07, 6.45) is 4.00.